The minimum Gasteiger partial charge on any atom is -0.396 e. The second-order valence-corrected chi connectivity index (χ2v) is 1.26. The first-order valence-electron chi connectivity index (χ1n) is 6.67. The molecule has 0 bridgehead atoms. The molecule has 0 radical (unpaired) electrons. The molecular weight excluding hydrogens is 102 g/mol. The fourth-order valence-electron chi connectivity index (χ4n) is 0.355. The third-order valence-electron chi connectivity index (χ3n) is 0.710. The molecule has 0 atom stereocenters. The predicted octanol–water partition coefficient (Wildman–Crippen LogP) is -0.0217. The molecule has 1 fully saturated rings. The van der Waals surface area contributed by atoms with Crippen molar-refractivity contribution in [2.45, 2.75) is 12.7 Å². The van der Waals surface area contributed by atoms with Gasteiger partial charge in [-0.25, -0.2) is 0 Å². The van der Waals surface area contributed by atoms with Gasteiger partial charge in [0.15, 0.2) is 0 Å². The molecule has 48 valence electrons. The first kappa shape index (κ1) is 1.32. The summed E-state index contributed by atoms with van der Waals surface area (Å²) in [5, 5.41) is 10.6. The zero-order chi connectivity index (χ0) is 13.9. The molecule has 1 heterocycles. The van der Waals surface area contributed by atoms with Gasteiger partial charge in [-0.1, -0.05) is 0 Å². The van der Waals surface area contributed by atoms with Gasteiger partial charge >= 0.3 is 0 Å². The number of aliphatic hydroxyl groups excluding tert-OH is 1. The Morgan fingerprint density at radius 3 is 2.88 bits per heavy atom. The molecule has 2 nitrogen and oxygen atoms in total. The van der Waals surface area contributed by atoms with Crippen LogP contribution >= 0.6 is 0 Å². The molecule has 0 unspecified atom stereocenters. The zero-order valence-corrected chi connectivity index (χ0v) is 4.15. The van der Waals surface area contributed by atoms with Gasteiger partial charge in [0.1, 0.15) is 0 Å². The Balaban J connectivity index is 3.49. The maximum atomic E-state index is 9.06. The second-order valence-electron chi connectivity index (χ2n) is 1.26. The van der Waals surface area contributed by atoms with Crippen molar-refractivity contribution < 1.29 is 17.4 Å². The van der Waals surface area contributed by atoms with Gasteiger partial charge in [-0.15, -0.1) is 0 Å². The number of nitrogens with one attached hydrogen (secondary N) is 1. The van der Waals surface area contributed by atoms with E-state index in [9.17, 15) is 0 Å². The quantitative estimate of drug-likeness (QED) is 0.515. The van der Waals surface area contributed by atoms with Gasteiger partial charge < -0.3 is 10.4 Å². The third kappa shape index (κ3) is 1.46. The van der Waals surface area contributed by atoms with Crippen LogP contribution in [0.4, 0.5) is 0 Å². The summed E-state index contributed by atoms with van der Waals surface area (Å²) in [5.41, 5.74) is 0. The smallest absolute Gasteiger partial charge is 0.0460 e. The number of hydrogen-bond donors (Lipinski definition) is 2. The Bertz CT molecular complexity index is 301. The number of aliphatic hydroxyl groups is 1. The van der Waals surface area contributed by atoms with E-state index in [-0.39, 0.29) is 0 Å². The fourth-order valence-corrected chi connectivity index (χ4v) is 0.355. The second kappa shape index (κ2) is 3.05. The molecule has 2 heteroatoms. The molecule has 8 heavy (non-hydrogen) atoms. The summed E-state index contributed by atoms with van der Waals surface area (Å²) >= 11 is 0. The van der Waals surface area contributed by atoms with Crippen molar-refractivity contribution in [1.82, 2.24) is 5.32 Å². The van der Waals surface area contributed by atoms with Gasteiger partial charge in [-0.05, 0) is 31.6 Å². The molecule has 1 aliphatic rings. The minimum absolute atomic E-state index is 1.34. The number of hydrogen-bond acceptors (Lipinski definition) is 2. The number of piperidine rings is 1. The van der Waals surface area contributed by atoms with E-state index in [4.69, 9.17) is 17.4 Å². The van der Waals surface area contributed by atoms with Crippen LogP contribution in [-0.2, 0) is 0 Å². The normalized spacial score (nSPS) is 69.4. The standard InChI is InChI=1S/C6H13NO/c8-5-6-1-3-7-4-2-6/h6-8H,1-5H2/i1D2,2D2,3D2,4D2,6D. The lowest BCUT2D eigenvalue weighted by atomic mass is 10.00. The molecule has 0 aromatic heterocycles. The van der Waals surface area contributed by atoms with Crippen LogP contribution in [0.3, 0.4) is 0 Å². The van der Waals surface area contributed by atoms with Gasteiger partial charge in [0.05, 0.1) is 0 Å². The summed E-state index contributed by atoms with van der Waals surface area (Å²) < 4.78 is 67.1. The Morgan fingerprint density at radius 2 is 2.38 bits per heavy atom. The van der Waals surface area contributed by atoms with E-state index < -0.39 is 38.2 Å². The highest BCUT2D eigenvalue weighted by Crippen LogP contribution is 2.08. The van der Waals surface area contributed by atoms with E-state index in [2.05, 4.69) is 0 Å². The topological polar surface area (TPSA) is 32.3 Å². The first-order chi connectivity index (χ1) is 7.27. The lowest BCUT2D eigenvalue weighted by Crippen LogP contribution is -2.29. The molecule has 2 N–H and O–H groups in total. The van der Waals surface area contributed by atoms with E-state index >= 15 is 0 Å². The first-order valence-corrected chi connectivity index (χ1v) is 2.17. The van der Waals surface area contributed by atoms with Gasteiger partial charge in [-0.3, -0.25) is 0 Å². The summed E-state index contributed by atoms with van der Waals surface area (Å²) in [6.45, 7) is -7.30. The summed E-state index contributed by atoms with van der Waals surface area (Å²) in [7, 11) is 0. The minimum atomic E-state index is -3.11. The molecule has 0 aliphatic carbocycles. The molecule has 0 saturated carbocycles. The molecule has 0 aromatic rings. The van der Waals surface area contributed by atoms with E-state index in [1.54, 1.807) is 5.32 Å². The highest BCUT2D eigenvalue weighted by molar-refractivity contribution is 4.66. The van der Waals surface area contributed by atoms with Crippen LogP contribution in [0.5, 0.6) is 0 Å². The van der Waals surface area contributed by atoms with Crippen LogP contribution in [0.25, 0.3) is 0 Å². The summed E-state index contributed by atoms with van der Waals surface area (Å²) in [4.78, 5) is 0. The SMILES string of the molecule is [2H]C1([2H])NC([2H])([2H])C([2H])([2H])C([2H])(CO)C1([2H])[2H]. The molecule has 1 saturated heterocycles. The van der Waals surface area contributed by atoms with Crippen molar-refractivity contribution in [1.29, 1.82) is 0 Å². The Morgan fingerprint density at radius 1 is 1.75 bits per heavy atom. The van der Waals surface area contributed by atoms with Crippen molar-refractivity contribution >= 4 is 0 Å². The van der Waals surface area contributed by atoms with Crippen molar-refractivity contribution in [3.8, 4) is 0 Å². The summed E-state index contributed by atoms with van der Waals surface area (Å²) in [5.74, 6) is -2.96. The van der Waals surface area contributed by atoms with Crippen LogP contribution < -0.4 is 5.32 Å². The average Bonchev–Trinajstić information content (AvgIpc) is 2.12. The monoisotopic (exact) mass is 124 g/mol. The average molecular weight is 124 g/mol. The summed E-state index contributed by atoms with van der Waals surface area (Å²) in [6.07, 6.45) is -6.21. The largest absolute Gasteiger partial charge is 0.396 e. The molecule has 1 rings (SSSR count). The molecule has 0 amide bonds. The van der Waals surface area contributed by atoms with Crippen molar-refractivity contribution in [2.75, 3.05) is 19.6 Å². The highest BCUT2D eigenvalue weighted by atomic mass is 16.3. The molecule has 1 aliphatic heterocycles. The maximum absolute atomic E-state index is 9.06. The Labute approximate surface area is 62.5 Å². The fraction of sp³-hybridized carbons (Fsp3) is 1.00. The van der Waals surface area contributed by atoms with Gasteiger partial charge in [0.2, 0.25) is 0 Å². The predicted molar refractivity (Wildman–Crippen MR) is 32.7 cm³/mol. The van der Waals surface area contributed by atoms with Gasteiger partial charge in [0.25, 0.3) is 0 Å². The highest BCUT2D eigenvalue weighted by Gasteiger charge is 2.09. The van der Waals surface area contributed by atoms with Gasteiger partial charge in [0, 0.05) is 18.9 Å². The van der Waals surface area contributed by atoms with Crippen LogP contribution in [0.2, 0.25) is 0 Å². The van der Waals surface area contributed by atoms with Gasteiger partial charge in [-0.2, -0.15) is 0 Å². The Hall–Kier alpha value is -0.0800. The van der Waals surface area contributed by atoms with E-state index in [0.29, 0.717) is 0 Å². The molecule has 0 spiro atoms. The van der Waals surface area contributed by atoms with Crippen LogP contribution in [-0.4, -0.2) is 24.7 Å². The molecular formula is C6H13NO. The van der Waals surface area contributed by atoms with Crippen molar-refractivity contribution in [3.63, 3.8) is 0 Å². The lowest BCUT2D eigenvalue weighted by Gasteiger charge is -2.19. The summed E-state index contributed by atoms with van der Waals surface area (Å²) in [6, 6.07) is 0. The van der Waals surface area contributed by atoms with Crippen molar-refractivity contribution in [3.05, 3.63) is 0 Å². The van der Waals surface area contributed by atoms with Crippen molar-refractivity contribution in [2.24, 2.45) is 5.89 Å². The van der Waals surface area contributed by atoms with E-state index in [0.717, 1.165) is 0 Å². The van der Waals surface area contributed by atoms with Crippen LogP contribution in [0.15, 0.2) is 0 Å². The lowest BCUT2D eigenvalue weighted by molar-refractivity contribution is 0.196. The molecule has 0 aromatic carbocycles. The van der Waals surface area contributed by atoms with E-state index in [1.165, 1.54) is 0 Å². The Kier molecular flexibility index (Phi) is 0.505. The third-order valence-corrected chi connectivity index (χ3v) is 0.710. The van der Waals surface area contributed by atoms with Crippen LogP contribution in [0, 0.1) is 5.89 Å². The zero-order valence-electron chi connectivity index (χ0n) is 13.2. The number of rotatable bonds is 1. The maximum Gasteiger partial charge on any atom is 0.0460 e. The van der Waals surface area contributed by atoms with Crippen LogP contribution in [0.1, 0.15) is 25.1 Å². The van der Waals surface area contributed by atoms with E-state index in [1.807, 2.05) is 0 Å².